The van der Waals surface area contributed by atoms with Gasteiger partial charge in [0.15, 0.2) is 0 Å². The molecule has 2 aromatic rings. The van der Waals surface area contributed by atoms with Crippen LogP contribution >= 0.6 is 0 Å². The van der Waals surface area contributed by atoms with E-state index >= 15 is 0 Å². The molecule has 0 amide bonds. The minimum Gasteiger partial charge on any atom is -0.487 e. The van der Waals surface area contributed by atoms with Gasteiger partial charge in [-0.25, -0.2) is 0 Å². The highest BCUT2D eigenvalue weighted by atomic mass is 16.5. The molecule has 106 valence electrons. The second-order valence-electron chi connectivity index (χ2n) is 5.65. The normalized spacial score (nSPS) is 23.9. The topological polar surface area (TPSA) is 55.5 Å². The molecule has 3 rings (SSSR count). The average molecular weight is 271 g/mol. The lowest BCUT2D eigenvalue weighted by Gasteiger charge is -2.22. The Morgan fingerprint density at radius 2 is 2.00 bits per heavy atom. The third-order valence-corrected chi connectivity index (χ3v) is 4.09. The van der Waals surface area contributed by atoms with Gasteiger partial charge in [-0.05, 0) is 31.6 Å². The standard InChI is InChI=1S/C17H21NO2/c1-11(18)13-10-9-12-5-2-3-6-14(12)17(13)20-16-8-4-7-15(16)19/h2-3,5-6,9-11,15-16,19H,4,7-8,18H2,1H3/t11-,15?,16?/m0/s1. The minimum atomic E-state index is -0.366. The van der Waals surface area contributed by atoms with Crippen molar-refractivity contribution in [2.75, 3.05) is 0 Å². The number of rotatable bonds is 3. The Morgan fingerprint density at radius 1 is 1.20 bits per heavy atom. The summed E-state index contributed by atoms with van der Waals surface area (Å²) in [5, 5.41) is 12.2. The highest BCUT2D eigenvalue weighted by Crippen LogP contribution is 2.35. The summed E-state index contributed by atoms with van der Waals surface area (Å²) in [5.74, 6) is 0.837. The Morgan fingerprint density at radius 3 is 2.70 bits per heavy atom. The first-order valence-electron chi connectivity index (χ1n) is 7.29. The van der Waals surface area contributed by atoms with Gasteiger partial charge in [0.05, 0.1) is 6.10 Å². The van der Waals surface area contributed by atoms with Gasteiger partial charge in [-0.15, -0.1) is 0 Å². The van der Waals surface area contributed by atoms with E-state index in [4.69, 9.17) is 10.5 Å². The van der Waals surface area contributed by atoms with Crippen LogP contribution in [0.1, 0.15) is 37.8 Å². The molecule has 3 N–H and O–H groups in total. The number of aliphatic hydroxyl groups excluding tert-OH is 1. The number of hydrogen-bond donors (Lipinski definition) is 2. The van der Waals surface area contributed by atoms with Gasteiger partial charge in [-0.2, -0.15) is 0 Å². The van der Waals surface area contributed by atoms with Crippen molar-refractivity contribution in [1.29, 1.82) is 0 Å². The van der Waals surface area contributed by atoms with Crippen molar-refractivity contribution in [2.24, 2.45) is 5.73 Å². The summed E-state index contributed by atoms with van der Waals surface area (Å²) < 4.78 is 6.16. The van der Waals surface area contributed by atoms with Crippen molar-refractivity contribution in [3.8, 4) is 5.75 Å². The highest BCUT2D eigenvalue weighted by molar-refractivity contribution is 5.89. The molecule has 0 spiro atoms. The first-order valence-corrected chi connectivity index (χ1v) is 7.29. The molecule has 3 nitrogen and oxygen atoms in total. The summed E-state index contributed by atoms with van der Waals surface area (Å²) in [6.45, 7) is 1.96. The monoisotopic (exact) mass is 271 g/mol. The van der Waals surface area contributed by atoms with Crippen molar-refractivity contribution >= 4 is 10.8 Å². The van der Waals surface area contributed by atoms with Gasteiger partial charge < -0.3 is 15.6 Å². The minimum absolute atomic E-state index is 0.0897. The number of fused-ring (bicyclic) bond motifs is 1. The molecule has 0 radical (unpaired) electrons. The van der Waals surface area contributed by atoms with Crippen LogP contribution in [-0.4, -0.2) is 17.3 Å². The molecule has 3 atom stereocenters. The second-order valence-corrected chi connectivity index (χ2v) is 5.65. The van der Waals surface area contributed by atoms with Crippen LogP contribution in [-0.2, 0) is 0 Å². The predicted octanol–water partition coefficient (Wildman–Crippen LogP) is 3.15. The molecular weight excluding hydrogens is 250 g/mol. The van der Waals surface area contributed by atoms with Crippen LogP contribution in [0.2, 0.25) is 0 Å². The molecule has 0 aliphatic heterocycles. The molecule has 1 aliphatic carbocycles. The van der Waals surface area contributed by atoms with E-state index in [9.17, 15) is 5.11 Å². The first-order chi connectivity index (χ1) is 9.66. The van der Waals surface area contributed by atoms with Gasteiger partial charge in [0, 0.05) is 17.0 Å². The largest absolute Gasteiger partial charge is 0.487 e. The molecule has 3 heteroatoms. The van der Waals surface area contributed by atoms with Crippen molar-refractivity contribution in [1.82, 2.24) is 0 Å². The van der Waals surface area contributed by atoms with E-state index in [1.165, 1.54) is 0 Å². The number of nitrogens with two attached hydrogens (primary N) is 1. The zero-order valence-corrected chi connectivity index (χ0v) is 11.8. The summed E-state index contributed by atoms with van der Waals surface area (Å²) >= 11 is 0. The van der Waals surface area contributed by atoms with Crippen LogP contribution in [0.4, 0.5) is 0 Å². The molecule has 1 saturated carbocycles. The van der Waals surface area contributed by atoms with Gasteiger partial charge in [0.2, 0.25) is 0 Å². The van der Waals surface area contributed by atoms with Crippen LogP contribution in [0.5, 0.6) is 5.75 Å². The van der Waals surface area contributed by atoms with Gasteiger partial charge in [0.25, 0.3) is 0 Å². The maximum Gasteiger partial charge on any atom is 0.132 e. The molecule has 1 aliphatic rings. The van der Waals surface area contributed by atoms with Crippen LogP contribution in [0, 0.1) is 0 Å². The van der Waals surface area contributed by atoms with Gasteiger partial charge in [-0.3, -0.25) is 0 Å². The zero-order valence-electron chi connectivity index (χ0n) is 11.8. The summed E-state index contributed by atoms with van der Waals surface area (Å²) in [4.78, 5) is 0. The van der Waals surface area contributed by atoms with Crippen molar-refractivity contribution in [3.63, 3.8) is 0 Å². The fraction of sp³-hybridized carbons (Fsp3) is 0.412. The Kier molecular flexibility index (Phi) is 3.64. The molecule has 0 aromatic heterocycles. The fourth-order valence-corrected chi connectivity index (χ4v) is 2.95. The number of ether oxygens (including phenoxy) is 1. The summed E-state index contributed by atoms with van der Waals surface area (Å²) in [5.41, 5.74) is 7.07. The van der Waals surface area contributed by atoms with Crippen LogP contribution in [0.15, 0.2) is 36.4 Å². The Bertz CT molecular complexity index is 609. The van der Waals surface area contributed by atoms with Crippen molar-refractivity contribution in [2.45, 2.75) is 44.4 Å². The predicted molar refractivity (Wildman–Crippen MR) is 80.8 cm³/mol. The average Bonchev–Trinajstić information content (AvgIpc) is 2.84. The molecule has 2 unspecified atom stereocenters. The summed E-state index contributed by atoms with van der Waals surface area (Å²) in [6, 6.07) is 12.2. The molecule has 2 aromatic carbocycles. The van der Waals surface area contributed by atoms with E-state index in [0.717, 1.165) is 41.3 Å². The summed E-state index contributed by atoms with van der Waals surface area (Å²) in [7, 11) is 0. The lowest BCUT2D eigenvalue weighted by Crippen LogP contribution is -2.26. The van der Waals surface area contributed by atoms with Crippen LogP contribution in [0.25, 0.3) is 10.8 Å². The zero-order chi connectivity index (χ0) is 14.1. The second kappa shape index (κ2) is 5.43. The molecule has 0 bridgehead atoms. The van der Waals surface area contributed by atoms with E-state index in [1.54, 1.807) is 0 Å². The molecule has 0 saturated heterocycles. The van der Waals surface area contributed by atoms with Gasteiger partial charge in [-0.1, -0.05) is 36.4 Å². The fourth-order valence-electron chi connectivity index (χ4n) is 2.95. The van der Waals surface area contributed by atoms with Crippen LogP contribution in [0.3, 0.4) is 0 Å². The van der Waals surface area contributed by atoms with Crippen molar-refractivity contribution < 1.29 is 9.84 Å². The Hall–Kier alpha value is -1.58. The number of benzene rings is 2. The third-order valence-electron chi connectivity index (χ3n) is 4.09. The lowest BCUT2D eigenvalue weighted by atomic mass is 10.0. The van der Waals surface area contributed by atoms with Gasteiger partial charge >= 0.3 is 0 Å². The highest BCUT2D eigenvalue weighted by Gasteiger charge is 2.28. The van der Waals surface area contributed by atoms with Crippen LogP contribution < -0.4 is 10.5 Å². The molecule has 0 heterocycles. The summed E-state index contributed by atoms with van der Waals surface area (Å²) in [6.07, 6.45) is 2.27. The van der Waals surface area contributed by atoms with E-state index in [2.05, 4.69) is 18.2 Å². The first kappa shape index (κ1) is 13.4. The van der Waals surface area contributed by atoms with Crippen molar-refractivity contribution in [3.05, 3.63) is 42.0 Å². The number of aliphatic hydroxyl groups is 1. The quantitative estimate of drug-likeness (QED) is 0.901. The van der Waals surface area contributed by atoms with E-state index in [1.807, 2.05) is 25.1 Å². The Labute approximate surface area is 119 Å². The van der Waals surface area contributed by atoms with E-state index in [-0.39, 0.29) is 18.2 Å². The smallest absolute Gasteiger partial charge is 0.132 e. The number of hydrogen-bond acceptors (Lipinski definition) is 3. The van der Waals surface area contributed by atoms with E-state index in [0.29, 0.717) is 0 Å². The maximum absolute atomic E-state index is 10.00. The lowest BCUT2D eigenvalue weighted by molar-refractivity contribution is 0.0606. The maximum atomic E-state index is 10.00. The molecule has 1 fully saturated rings. The van der Waals surface area contributed by atoms with Gasteiger partial charge in [0.1, 0.15) is 11.9 Å². The molecular formula is C17H21NO2. The SMILES string of the molecule is C[C@H](N)c1ccc2ccccc2c1OC1CCCC1O. The van der Waals surface area contributed by atoms with E-state index < -0.39 is 0 Å². The third kappa shape index (κ3) is 2.39. The molecule has 20 heavy (non-hydrogen) atoms. The Balaban J connectivity index is 2.07.